The number of methoxy groups -OCH3 is 2. The summed E-state index contributed by atoms with van der Waals surface area (Å²) in [6, 6.07) is -2.21. The first-order valence-electron chi connectivity index (χ1n) is 9.38. The highest BCUT2D eigenvalue weighted by atomic mass is 16.5. The number of nitrogens with one attached hydrogen (secondary N) is 2. The van der Waals surface area contributed by atoms with E-state index in [-0.39, 0.29) is 23.9 Å². The quantitative estimate of drug-likeness (QED) is 0.624. The molecule has 2 unspecified atom stereocenters. The molecule has 0 radical (unpaired) electrons. The van der Waals surface area contributed by atoms with Crippen molar-refractivity contribution in [1.29, 1.82) is 0 Å². The lowest BCUT2D eigenvalue weighted by Crippen LogP contribution is -2.59. The van der Waals surface area contributed by atoms with Crippen molar-refractivity contribution < 1.29 is 28.7 Å². The number of amides is 4. The molecule has 2 N–H and O–H groups in total. The van der Waals surface area contributed by atoms with Crippen LogP contribution in [0.25, 0.3) is 0 Å². The molecule has 0 aromatic carbocycles. The largest absolute Gasteiger partial charge is 0.467 e. The zero-order valence-corrected chi connectivity index (χ0v) is 17.5. The predicted molar refractivity (Wildman–Crippen MR) is 101 cm³/mol. The second-order valence-corrected chi connectivity index (χ2v) is 7.36. The van der Waals surface area contributed by atoms with Gasteiger partial charge in [0.2, 0.25) is 0 Å². The van der Waals surface area contributed by atoms with Crippen LogP contribution < -0.4 is 10.6 Å². The van der Waals surface area contributed by atoms with Crippen molar-refractivity contribution in [2.75, 3.05) is 40.4 Å². The second kappa shape index (κ2) is 10.7. The smallest absolute Gasteiger partial charge is 0.328 e. The SMILES string of the molecule is COC(=O)C(NC(=O)N1CCN(C(=O)NC(C(=O)OC)C(C)C)CC1)C(C)C. The molecular weight excluding hydrogens is 368 g/mol. The number of hydrogen-bond donors (Lipinski definition) is 2. The highest BCUT2D eigenvalue weighted by Crippen LogP contribution is 2.09. The van der Waals surface area contributed by atoms with E-state index in [4.69, 9.17) is 9.47 Å². The molecule has 1 heterocycles. The molecule has 0 aromatic heterocycles. The third-order valence-electron chi connectivity index (χ3n) is 4.66. The van der Waals surface area contributed by atoms with Gasteiger partial charge in [0.1, 0.15) is 12.1 Å². The monoisotopic (exact) mass is 400 g/mol. The van der Waals surface area contributed by atoms with Gasteiger partial charge in [0.15, 0.2) is 0 Å². The fourth-order valence-corrected chi connectivity index (χ4v) is 2.81. The van der Waals surface area contributed by atoms with E-state index in [1.54, 1.807) is 9.80 Å². The molecule has 0 aliphatic carbocycles. The van der Waals surface area contributed by atoms with Crippen molar-refractivity contribution in [2.24, 2.45) is 11.8 Å². The zero-order chi connectivity index (χ0) is 21.4. The van der Waals surface area contributed by atoms with Crippen LogP contribution in [0.2, 0.25) is 0 Å². The summed E-state index contributed by atoms with van der Waals surface area (Å²) in [7, 11) is 2.56. The fraction of sp³-hybridized carbons (Fsp3) is 0.778. The van der Waals surface area contributed by atoms with Crippen LogP contribution in [0.4, 0.5) is 9.59 Å². The number of rotatable bonds is 6. The number of carbonyl (C=O) groups is 4. The van der Waals surface area contributed by atoms with Crippen LogP contribution in [0.1, 0.15) is 27.7 Å². The second-order valence-electron chi connectivity index (χ2n) is 7.36. The van der Waals surface area contributed by atoms with E-state index in [0.717, 1.165) is 0 Å². The molecule has 10 heteroatoms. The minimum absolute atomic E-state index is 0.116. The summed E-state index contributed by atoms with van der Waals surface area (Å²) < 4.78 is 9.45. The van der Waals surface area contributed by atoms with Crippen molar-refractivity contribution in [2.45, 2.75) is 39.8 Å². The van der Waals surface area contributed by atoms with Gasteiger partial charge in [0.05, 0.1) is 14.2 Å². The molecule has 2 atom stereocenters. The van der Waals surface area contributed by atoms with Crippen LogP contribution in [0, 0.1) is 11.8 Å². The molecule has 160 valence electrons. The topological polar surface area (TPSA) is 117 Å². The molecule has 1 fully saturated rings. The number of hydrogen-bond acceptors (Lipinski definition) is 6. The van der Waals surface area contributed by atoms with Gasteiger partial charge < -0.3 is 29.9 Å². The summed E-state index contributed by atoms with van der Waals surface area (Å²) in [5, 5.41) is 5.37. The van der Waals surface area contributed by atoms with Crippen LogP contribution in [-0.4, -0.2) is 86.3 Å². The number of urea groups is 2. The summed E-state index contributed by atoms with van der Waals surface area (Å²) in [5.41, 5.74) is 0. The number of ether oxygens (including phenoxy) is 2. The average Bonchev–Trinajstić information content (AvgIpc) is 2.68. The van der Waals surface area contributed by atoms with E-state index in [1.807, 2.05) is 27.7 Å². The first kappa shape index (κ1) is 23.5. The Balaban J connectivity index is 2.59. The first-order chi connectivity index (χ1) is 13.1. The third kappa shape index (κ3) is 6.28. The Bertz CT molecular complexity index is 522. The summed E-state index contributed by atoms with van der Waals surface area (Å²) in [5.74, 6) is -1.22. The molecule has 1 aliphatic rings. The molecule has 28 heavy (non-hydrogen) atoms. The van der Waals surface area contributed by atoms with Crippen molar-refractivity contribution >= 4 is 24.0 Å². The van der Waals surface area contributed by atoms with Gasteiger partial charge in [-0.3, -0.25) is 0 Å². The Morgan fingerprint density at radius 3 is 1.18 bits per heavy atom. The molecule has 0 aromatic rings. The predicted octanol–water partition coefficient (Wildman–Crippen LogP) is 0.418. The minimum Gasteiger partial charge on any atom is -0.467 e. The fourth-order valence-electron chi connectivity index (χ4n) is 2.81. The van der Waals surface area contributed by atoms with E-state index < -0.39 is 24.0 Å². The maximum Gasteiger partial charge on any atom is 0.328 e. The highest BCUT2D eigenvalue weighted by molar-refractivity contribution is 5.85. The Morgan fingerprint density at radius 2 is 0.964 bits per heavy atom. The van der Waals surface area contributed by atoms with Crippen LogP contribution in [-0.2, 0) is 19.1 Å². The Hall–Kier alpha value is -2.52. The van der Waals surface area contributed by atoms with E-state index in [0.29, 0.717) is 26.2 Å². The van der Waals surface area contributed by atoms with E-state index in [2.05, 4.69) is 10.6 Å². The summed E-state index contributed by atoms with van der Waals surface area (Å²) >= 11 is 0. The first-order valence-corrected chi connectivity index (χ1v) is 9.38. The molecular formula is C18H32N4O6. The maximum absolute atomic E-state index is 12.4. The lowest BCUT2D eigenvalue weighted by molar-refractivity contribution is -0.144. The Morgan fingerprint density at radius 1 is 0.679 bits per heavy atom. The van der Waals surface area contributed by atoms with Gasteiger partial charge in [0, 0.05) is 26.2 Å². The van der Waals surface area contributed by atoms with Crippen molar-refractivity contribution in [3.8, 4) is 0 Å². The summed E-state index contributed by atoms with van der Waals surface area (Å²) in [6.45, 7) is 8.53. The molecule has 4 amide bonds. The molecule has 0 saturated carbocycles. The number of piperazine rings is 1. The Labute approximate surface area is 165 Å². The van der Waals surface area contributed by atoms with Crippen LogP contribution >= 0.6 is 0 Å². The minimum atomic E-state index is -0.731. The lowest BCUT2D eigenvalue weighted by atomic mass is 10.1. The van der Waals surface area contributed by atoms with E-state index >= 15 is 0 Å². The Kier molecular flexibility index (Phi) is 9.01. The number of nitrogens with zero attached hydrogens (tertiary/aromatic N) is 2. The highest BCUT2D eigenvalue weighted by Gasteiger charge is 2.31. The van der Waals surface area contributed by atoms with Gasteiger partial charge in [-0.05, 0) is 11.8 Å². The molecule has 0 bridgehead atoms. The number of carbonyl (C=O) groups excluding carboxylic acids is 4. The van der Waals surface area contributed by atoms with Gasteiger partial charge in [-0.25, -0.2) is 19.2 Å². The van der Waals surface area contributed by atoms with E-state index in [9.17, 15) is 19.2 Å². The summed E-state index contributed by atoms with van der Waals surface area (Å²) in [4.78, 5) is 51.5. The number of esters is 2. The average molecular weight is 400 g/mol. The van der Waals surface area contributed by atoms with Crippen LogP contribution in [0.3, 0.4) is 0 Å². The normalized spacial score (nSPS) is 16.4. The van der Waals surface area contributed by atoms with Crippen LogP contribution in [0.5, 0.6) is 0 Å². The van der Waals surface area contributed by atoms with Crippen molar-refractivity contribution in [3.63, 3.8) is 0 Å². The summed E-state index contributed by atoms with van der Waals surface area (Å²) in [6.07, 6.45) is 0. The maximum atomic E-state index is 12.4. The van der Waals surface area contributed by atoms with Gasteiger partial charge in [-0.2, -0.15) is 0 Å². The standard InChI is InChI=1S/C18H32N4O6/c1-11(2)13(15(23)27-5)19-17(25)21-7-9-22(10-8-21)18(26)20-14(12(3)4)16(24)28-6/h11-14H,7-10H2,1-6H3,(H,19,25)(H,20,26). The molecule has 1 rings (SSSR count). The van der Waals surface area contributed by atoms with Crippen molar-refractivity contribution in [1.82, 2.24) is 20.4 Å². The van der Waals surface area contributed by atoms with Gasteiger partial charge >= 0.3 is 24.0 Å². The van der Waals surface area contributed by atoms with Gasteiger partial charge in [-0.15, -0.1) is 0 Å². The van der Waals surface area contributed by atoms with Gasteiger partial charge in [-0.1, -0.05) is 27.7 Å². The molecule has 1 aliphatic heterocycles. The van der Waals surface area contributed by atoms with E-state index in [1.165, 1.54) is 14.2 Å². The molecule has 0 spiro atoms. The third-order valence-corrected chi connectivity index (χ3v) is 4.66. The zero-order valence-electron chi connectivity index (χ0n) is 17.5. The van der Waals surface area contributed by atoms with Crippen molar-refractivity contribution in [3.05, 3.63) is 0 Å². The molecule has 1 saturated heterocycles. The lowest BCUT2D eigenvalue weighted by Gasteiger charge is -2.36. The van der Waals surface area contributed by atoms with Gasteiger partial charge in [0.25, 0.3) is 0 Å². The molecule has 10 nitrogen and oxygen atoms in total. The van der Waals surface area contributed by atoms with Crippen LogP contribution in [0.15, 0.2) is 0 Å².